The highest BCUT2D eigenvalue weighted by Crippen LogP contribution is 2.27. The molecule has 0 spiro atoms. The number of nitrogens with one attached hydrogen (secondary N) is 1. The van der Waals surface area contributed by atoms with Crippen molar-refractivity contribution in [3.8, 4) is 5.75 Å². The van der Waals surface area contributed by atoms with Crippen LogP contribution in [0.4, 0.5) is 5.69 Å². The molecule has 3 nitrogen and oxygen atoms in total. The van der Waals surface area contributed by atoms with Gasteiger partial charge in [-0.2, -0.15) is 0 Å². The molecule has 1 aromatic carbocycles. The minimum absolute atomic E-state index is 0.133. The minimum atomic E-state index is 0.133. The summed E-state index contributed by atoms with van der Waals surface area (Å²) in [6.07, 6.45) is 2.27. The molecule has 0 amide bonds. The highest BCUT2D eigenvalue weighted by molar-refractivity contribution is 6.32. The van der Waals surface area contributed by atoms with E-state index < -0.39 is 0 Å². The number of hydrogen-bond donors (Lipinski definition) is 2. The molecule has 1 heterocycles. The molecule has 1 aromatic rings. The number of hydrogen-bond acceptors (Lipinski definition) is 3. The number of phenolic OH excluding ortho intramolecular Hbond substituents is 1. The molecule has 1 fully saturated rings. The SMILES string of the molecule is CC1CC(Nc2ccc(O)c(Cl)c2)CCN1C. The van der Waals surface area contributed by atoms with Gasteiger partial charge in [0.1, 0.15) is 5.75 Å². The molecule has 1 aliphatic heterocycles. The first-order valence-electron chi connectivity index (χ1n) is 6.01. The van der Waals surface area contributed by atoms with E-state index in [0.29, 0.717) is 17.1 Å². The van der Waals surface area contributed by atoms with E-state index in [-0.39, 0.29) is 5.75 Å². The van der Waals surface area contributed by atoms with Crippen LogP contribution in [0.1, 0.15) is 19.8 Å². The van der Waals surface area contributed by atoms with Gasteiger partial charge in [-0.3, -0.25) is 0 Å². The number of aromatic hydroxyl groups is 1. The van der Waals surface area contributed by atoms with Crippen molar-refractivity contribution in [2.75, 3.05) is 18.9 Å². The summed E-state index contributed by atoms with van der Waals surface area (Å²) < 4.78 is 0. The summed E-state index contributed by atoms with van der Waals surface area (Å²) in [5.74, 6) is 0.133. The van der Waals surface area contributed by atoms with Crippen LogP contribution in [-0.2, 0) is 0 Å². The number of rotatable bonds is 2. The molecule has 94 valence electrons. The molecule has 4 heteroatoms. The lowest BCUT2D eigenvalue weighted by molar-refractivity contribution is 0.190. The fourth-order valence-corrected chi connectivity index (χ4v) is 2.43. The van der Waals surface area contributed by atoms with Gasteiger partial charge in [0.2, 0.25) is 0 Å². The number of halogens is 1. The second-order valence-corrected chi connectivity index (χ2v) is 5.27. The molecule has 17 heavy (non-hydrogen) atoms. The second kappa shape index (κ2) is 5.15. The van der Waals surface area contributed by atoms with Crippen molar-refractivity contribution in [1.82, 2.24) is 4.90 Å². The number of benzene rings is 1. The molecule has 0 radical (unpaired) electrons. The summed E-state index contributed by atoms with van der Waals surface area (Å²) in [6, 6.07) is 6.36. The van der Waals surface area contributed by atoms with Crippen LogP contribution < -0.4 is 5.32 Å². The predicted molar refractivity (Wildman–Crippen MR) is 71.9 cm³/mol. The molecule has 1 saturated heterocycles. The van der Waals surface area contributed by atoms with Gasteiger partial charge >= 0.3 is 0 Å². The fraction of sp³-hybridized carbons (Fsp3) is 0.538. The van der Waals surface area contributed by atoms with E-state index in [1.807, 2.05) is 6.07 Å². The first kappa shape index (κ1) is 12.5. The average molecular weight is 255 g/mol. The molecule has 1 aliphatic rings. The Hall–Kier alpha value is -0.930. The monoisotopic (exact) mass is 254 g/mol. The standard InChI is InChI=1S/C13H19ClN2O/c1-9-7-11(5-6-16(9)2)15-10-3-4-13(17)12(14)8-10/h3-4,8-9,11,15,17H,5-7H2,1-2H3. The van der Waals surface area contributed by atoms with E-state index >= 15 is 0 Å². The Morgan fingerprint density at radius 3 is 2.88 bits per heavy atom. The maximum atomic E-state index is 9.36. The predicted octanol–water partition coefficient (Wildman–Crippen LogP) is 2.94. The van der Waals surface area contributed by atoms with Crippen molar-refractivity contribution in [1.29, 1.82) is 0 Å². The number of nitrogens with zero attached hydrogens (tertiary/aromatic N) is 1. The zero-order chi connectivity index (χ0) is 12.4. The maximum absolute atomic E-state index is 9.36. The van der Waals surface area contributed by atoms with Gasteiger partial charge in [-0.05, 0) is 45.0 Å². The molecule has 2 rings (SSSR count). The molecule has 2 unspecified atom stereocenters. The van der Waals surface area contributed by atoms with Crippen molar-refractivity contribution in [3.05, 3.63) is 23.2 Å². The Balaban J connectivity index is 1.99. The smallest absolute Gasteiger partial charge is 0.134 e. The van der Waals surface area contributed by atoms with Crippen molar-refractivity contribution >= 4 is 17.3 Å². The second-order valence-electron chi connectivity index (χ2n) is 4.86. The van der Waals surface area contributed by atoms with Crippen LogP contribution in [0.5, 0.6) is 5.75 Å². The van der Waals surface area contributed by atoms with Gasteiger partial charge in [0.25, 0.3) is 0 Å². The molecule has 2 atom stereocenters. The Morgan fingerprint density at radius 2 is 2.24 bits per heavy atom. The first-order valence-corrected chi connectivity index (χ1v) is 6.39. The molecule has 0 aliphatic carbocycles. The zero-order valence-corrected chi connectivity index (χ0v) is 11.0. The third-order valence-corrected chi connectivity index (χ3v) is 3.83. The van der Waals surface area contributed by atoms with Crippen molar-refractivity contribution < 1.29 is 5.11 Å². The van der Waals surface area contributed by atoms with Crippen LogP contribution in [-0.4, -0.2) is 35.7 Å². The highest BCUT2D eigenvalue weighted by Gasteiger charge is 2.22. The van der Waals surface area contributed by atoms with Crippen LogP contribution in [0, 0.1) is 0 Å². The molecule has 0 bridgehead atoms. The van der Waals surface area contributed by atoms with Crippen molar-refractivity contribution in [2.24, 2.45) is 0 Å². The summed E-state index contributed by atoms with van der Waals surface area (Å²) in [6.45, 7) is 3.36. The summed E-state index contributed by atoms with van der Waals surface area (Å²) in [5.41, 5.74) is 0.981. The minimum Gasteiger partial charge on any atom is -0.506 e. The van der Waals surface area contributed by atoms with Crippen LogP contribution in [0.25, 0.3) is 0 Å². The van der Waals surface area contributed by atoms with E-state index in [4.69, 9.17) is 11.6 Å². The van der Waals surface area contributed by atoms with Gasteiger partial charge in [-0.15, -0.1) is 0 Å². The molecule has 2 N–H and O–H groups in total. The Morgan fingerprint density at radius 1 is 1.47 bits per heavy atom. The third kappa shape index (κ3) is 3.05. The molecular weight excluding hydrogens is 236 g/mol. The third-order valence-electron chi connectivity index (χ3n) is 3.53. The van der Waals surface area contributed by atoms with Gasteiger partial charge in [-0.25, -0.2) is 0 Å². The first-order chi connectivity index (χ1) is 8.06. The lowest BCUT2D eigenvalue weighted by Crippen LogP contribution is -2.42. The van der Waals surface area contributed by atoms with E-state index in [1.54, 1.807) is 12.1 Å². The zero-order valence-electron chi connectivity index (χ0n) is 10.3. The maximum Gasteiger partial charge on any atom is 0.134 e. The Kier molecular flexibility index (Phi) is 3.79. The fourth-order valence-electron chi connectivity index (χ4n) is 2.25. The number of anilines is 1. The largest absolute Gasteiger partial charge is 0.506 e. The summed E-state index contributed by atoms with van der Waals surface area (Å²) in [4.78, 5) is 2.38. The van der Waals surface area contributed by atoms with Crippen LogP contribution in [0.2, 0.25) is 5.02 Å². The van der Waals surface area contributed by atoms with Gasteiger partial charge in [0.05, 0.1) is 5.02 Å². The van der Waals surface area contributed by atoms with Crippen LogP contribution in [0.3, 0.4) is 0 Å². The van der Waals surface area contributed by atoms with E-state index in [0.717, 1.165) is 25.1 Å². The van der Waals surface area contributed by atoms with Gasteiger partial charge < -0.3 is 15.3 Å². The Labute approximate surface area is 107 Å². The van der Waals surface area contributed by atoms with E-state index in [2.05, 4.69) is 24.2 Å². The Bertz CT molecular complexity index is 397. The average Bonchev–Trinajstić information content (AvgIpc) is 2.29. The number of likely N-dealkylation sites (tertiary alicyclic amines) is 1. The summed E-state index contributed by atoms with van der Waals surface area (Å²) >= 11 is 5.89. The lowest BCUT2D eigenvalue weighted by Gasteiger charge is -2.35. The highest BCUT2D eigenvalue weighted by atomic mass is 35.5. The lowest BCUT2D eigenvalue weighted by atomic mass is 9.99. The quantitative estimate of drug-likeness (QED) is 0.797. The van der Waals surface area contributed by atoms with Gasteiger partial charge in [-0.1, -0.05) is 11.6 Å². The van der Waals surface area contributed by atoms with Crippen molar-refractivity contribution in [3.63, 3.8) is 0 Å². The normalized spacial score (nSPS) is 25.8. The topological polar surface area (TPSA) is 35.5 Å². The summed E-state index contributed by atoms with van der Waals surface area (Å²) in [5, 5.41) is 13.2. The van der Waals surface area contributed by atoms with Crippen LogP contribution in [0.15, 0.2) is 18.2 Å². The van der Waals surface area contributed by atoms with Crippen molar-refractivity contribution in [2.45, 2.75) is 31.8 Å². The van der Waals surface area contributed by atoms with Crippen LogP contribution >= 0.6 is 11.6 Å². The summed E-state index contributed by atoms with van der Waals surface area (Å²) in [7, 11) is 2.16. The van der Waals surface area contributed by atoms with Gasteiger partial charge in [0.15, 0.2) is 0 Å². The van der Waals surface area contributed by atoms with E-state index in [9.17, 15) is 5.11 Å². The molecule has 0 aromatic heterocycles. The molecule has 0 saturated carbocycles. The van der Waals surface area contributed by atoms with Gasteiger partial charge in [0, 0.05) is 24.3 Å². The number of phenols is 1. The molecular formula is C13H19ClN2O. The van der Waals surface area contributed by atoms with E-state index in [1.165, 1.54) is 0 Å². The number of piperidine rings is 1.